The minimum absolute atomic E-state index is 0.141. The van der Waals surface area contributed by atoms with Gasteiger partial charge in [0.2, 0.25) is 0 Å². The van der Waals surface area contributed by atoms with Gasteiger partial charge in [0.05, 0.1) is 10.7 Å². The number of carbonyl (C=O) groups is 1. The number of halogens is 2. The van der Waals surface area contributed by atoms with Gasteiger partial charge in [-0.2, -0.15) is 0 Å². The lowest BCUT2D eigenvalue weighted by Crippen LogP contribution is -2.15. The van der Waals surface area contributed by atoms with Gasteiger partial charge >= 0.3 is 0 Å². The highest BCUT2D eigenvalue weighted by molar-refractivity contribution is 6.36. The second-order valence-corrected chi connectivity index (χ2v) is 4.69. The molecule has 2 aromatic rings. The van der Waals surface area contributed by atoms with E-state index in [1.807, 2.05) is 6.92 Å². The van der Waals surface area contributed by atoms with Gasteiger partial charge in [-0.3, -0.25) is 4.79 Å². The van der Waals surface area contributed by atoms with Crippen molar-refractivity contribution in [2.45, 2.75) is 6.92 Å². The number of nitrogens with two attached hydrogens (primary N) is 1. The number of hydrogen-bond donors (Lipinski definition) is 2. The van der Waals surface area contributed by atoms with E-state index in [0.717, 1.165) is 5.56 Å². The Balaban J connectivity index is 2.24. The number of nitrogens with one attached hydrogen (secondary N) is 1. The Morgan fingerprint density at radius 2 is 1.95 bits per heavy atom. The quantitative estimate of drug-likeness (QED) is 0.893. The van der Waals surface area contributed by atoms with Crippen LogP contribution >= 0.6 is 23.2 Å². The fraction of sp³-hybridized carbons (Fsp3) is 0.0833. The summed E-state index contributed by atoms with van der Waals surface area (Å²) in [6.07, 6.45) is 0. The third-order valence-electron chi connectivity index (χ3n) is 2.41. The van der Waals surface area contributed by atoms with Crippen LogP contribution in [0.15, 0.2) is 24.3 Å². The van der Waals surface area contributed by atoms with Crippen LogP contribution < -0.4 is 11.1 Å². The summed E-state index contributed by atoms with van der Waals surface area (Å²) in [7, 11) is 0. The van der Waals surface area contributed by atoms with Crippen molar-refractivity contribution in [2.75, 3.05) is 11.1 Å². The maximum atomic E-state index is 11.9. The number of nitrogen functional groups attached to an aromatic ring is 1. The third-order valence-corrected chi connectivity index (χ3v) is 3.13. The molecule has 0 aliphatic rings. The summed E-state index contributed by atoms with van der Waals surface area (Å²) in [6, 6.07) is 6.23. The molecular weight excluding hydrogens is 287 g/mol. The predicted octanol–water partition coefficient (Wildman–Crippen LogP) is 2.93. The Morgan fingerprint density at radius 3 is 2.58 bits per heavy atom. The van der Waals surface area contributed by atoms with E-state index in [9.17, 15) is 4.79 Å². The number of amides is 1. The first kappa shape index (κ1) is 13.6. The lowest BCUT2D eigenvalue weighted by atomic mass is 10.2. The topological polar surface area (TPSA) is 80.9 Å². The molecule has 1 amide bonds. The Labute approximate surface area is 119 Å². The summed E-state index contributed by atoms with van der Waals surface area (Å²) in [4.78, 5) is 11.9. The number of hydrogen-bond acceptors (Lipinski definition) is 4. The minimum Gasteiger partial charge on any atom is -0.382 e. The number of rotatable bonds is 2. The molecule has 98 valence electrons. The molecule has 0 spiro atoms. The van der Waals surface area contributed by atoms with Gasteiger partial charge in [0.1, 0.15) is 5.82 Å². The average Bonchev–Trinajstić information content (AvgIpc) is 2.36. The molecule has 0 aliphatic carbocycles. The van der Waals surface area contributed by atoms with E-state index in [1.54, 1.807) is 12.1 Å². The van der Waals surface area contributed by atoms with Gasteiger partial charge < -0.3 is 11.1 Å². The maximum Gasteiger partial charge on any atom is 0.276 e. The number of benzene rings is 1. The van der Waals surface area contributed by atoms with Crippen LogP contribution in [0.3, 0.4) is 0 Å². The van der Waals surface area contributed by atoms with Crippen molar-refractivity contribution in [1.29, 1.82) is 0 Å². The van der Waals surface area contributed by atoms with Crippen LogP contribution in [0.4, 0.5) is 11.5 Å². The van der Waals surface area contributed by atoms with E-state index in [1.165, 1.54) is 12.1 Å². The molecule has 5 nitrogen and oxygen atoms in total. The Kier molecular flexibility index (Phi) is 3.87. The zero-order chi connectivity index (χ0) is 14.0. The molecule has 7 heteroatoms. The summed E-state index contributed by atoms with van der Waals surface area (Å²) in [5.74, 6) is -0.192. The van der Waals surface area contributed by atoms with Gasteiger partial charge in [-0.25, -0.2) is 0 Å². The average molecular weight is 297 g/mol. The van der Waals surface area contributed by atoms with E-state index < -0.39 is 5.91 Å². The summed E-state index contributed by atoms with van der Waals surface area (Å²) >= 11 is 12.0. The minimum atomic E-state index is -0.436. The molecule has 0 radical (unpaired) electrons. The number of nitrogens with zero attached hydrogens (tertiary/aromatic N) is 2. The molecule has 0 aliphatic heterocycles. The molecule has 0 atom stereocenters. The van der Waals surface area contributed by atoms with Gasteiger partial charge in [0.25, 0.3) is 5.91 Å². The molecule has 19 heavy (non-hydrogen) atoms. The Bertz CT molecular complexity index is 628. The van der Waals surface area contributed by atoms with E-state index in [2.05, 4.69) is 15.5 Å². The lowest BCUT2D eigenvalue weighted by molar-refractivity contribution is 0.102. The van der Waals surface area contributed by atoms with E-state index in [-0.39, 0.29) is 11.5 Å². The highest BCUT2D eigenvalue weighted by Gasteiger charge is 2.11. The summed E-state index contributed by atoms with van der Waals surface area (Å²) in [5.41, 5.74) is 6.78. The lowest BCUT2D eigenvalue weighted by Gasteiger charge is -2.08. The predicted molar refractivity (Wildman–Crippen MR) is 75.6 cm³/mol. The number of aryl methyl sites for hydroxylation is 1. The summed E-state index contributed by atoms with van der Waals surface area (Å²) < 4.78 is 0. The largest absolute Gasteiger partial charge is 0.382 e. The van der Waals surface area contributed by atoms with Gasteiger partial charge in [-0.05, 0) is 36.8 Å². The number of carbonyl (C=O) groups excluding carboxylic acids is 1. The van der Waals surface area contributed by atoms with Crippen LogP contribution in [0, 0.1) is 6.92 Å². The van der Waals surface area contributed by atoms with Crippen LogP contribution in [-0.4, -0.2) is 16.1 Å². The first-order valence-corrected chi connectivity index (χ1v) is 6.09. The molecule has 0 unspecified atom stereocenters. The molecule has 1 heterocycles. The molecule has 0 bridgehead atoms. The normalized spacial score (nSPS) is 10.3. The highest BCUT2D eigenvalue weighted by Crippen LogP contribution is 2.28. The molecular formula is C12H10Cl2N4O. The first-order chi connectivity index (χ1) is 8.97. The highest BCUT2D eigenvalue weighted by atomic mass is 35.5. The molecule has 3 N–H and O–H groups in total. The second-order valence-electron chi connectivity index (χ2n) is 3.88. The van der Waals surface area contributed by atoms with Crippen LogP contribution in [0.2, 0.25) is 10.0 Å². The maximum absolute atomic E-state index is 11.9. The van der Waals surface area contributed by atoms with Gasteiger partial charge in [0, 0.05) is 5.02 Å². The fourth-order valence-electron chi connectivity index (χ4n) is 1.39. The van der Waals surface area contributed by atoms with Crippen molar-refractivity contribution in [3.05, 3.63) is 45.6 Å². The van der Waals surface area contributed by atoms with Gasteiger partial charge in [-0.15, -0.1) is 10.2 Å². The molecule has 0 saturated carbocycles. The van der Waals surface area contributed by atoms with Crippen molar-refractivity contribution in [2.24, 2.45) is 0 Å². The summed E-state index contributed by atoms with van der Waals surface area (Å²) in [5, 5.41) is 10.8. The zero-order valence-electron chi connectivity index (χ0n) is 9.95. The Hall–Kier alpha value is -1.85. The summed E-state index contributed by atoms with van der Waals surface area (Å²) in [6.45, 7) is 1.82. The fourth-order valence-corrected chi connectivity index (χ4v) is 1.82. The third kappa shape index (κ3) is 3.13. The molecule has 2 rings (SSSR count). The van der Waals surface area contributed by atoms with Crippen molar-refractivity contribution in [3.63, 3.8) is 0 Å². The van der Waals surface area contributed by atoms with E-state index >= 15 is 0 Å². The standard InChI is InChI=1S/C12H10Cl2N4O/c1-6-4-8(14)10(5-7(6)13)16-12(19)9-2-3-11(15)18-17-9/h2-5H,1H3,(H2,15,18)(H,16,19). The number of anilines is 2. The van der Waals surface area contributed by atoms with Crippen LogP contribution in [-0.2, 0) is 0 Å². The zero-order valence-corrected chi connectivity index (χ0v) is 11.5. The number of aromatic nitrogens is 2. The SMILES string of the molecule is Cc1cc(Cl)c(NC(=O)c2ccc(N)nn2)cc1Cl. The first-order valence-electron chi connectivity index (χ1n) is 5.33. The van der Waals surface area contributed by atoms with Crippen molar-refractivity contribution in [1.82, 2.24) is 10.2 Å². The monoisotopic (exact) mass is 296 g/mol. The molecule has 1 aromatic carbocycles. The Morgan fingerprint density at radius 1 is 1.21 bits per heavy atom. The molecule has 0 fully saturated rings. The van der Waals surface area contributed by atoms with Crippen LogP contribution in [0.5, 0.6) is 0 Å². The van der Waals surface area contributed by atoms with Gasteiger partial charge in [0.15, 0.2) is 5.69 Å². The van der Waals surface area contributed by atoms with Crippen LogP contribution in [0.1, 0.15) is 16.1 Å². The van der Waals surface area contributed by atoms with E-state index in [4.69, 9.17) is 28.9 Å². The van der Waals surface area contributed by atoms with Crippen molar-refractivity contribution >= 4 is 40.6 Å². The smallest absolute Gasteiger partial charge is 0.276 e. The van der Waals surface area contributed by atoms with Crippen molar-refractivity contribution < 1.29 is 4.79 Å². The second kappa shape index (κ2) is 5.42. The van der Waals surface area contributed by atoms with Crippen LogP contribution in [0.25, 0.3) is 0 Å². The van der Waals surface area contributed by atoms with E-state index in [0.29, 0.717) is 15.7 Å². The van der Waals surface area contributed by atoms with Gasteiger partial charge in [-0.1, -0.05) is 23.2 Å². The molecule has 0 saturated heterocycles. The van der Waals surface area contributed by atoms with Crippen molar-refractivity contribution in [3.8, 4) is 0 Å². The molecule has 1 aromatic heterocycles.